The molecule has 0 saturated carbocycles. The second-order valence-corrected chi connectivity index (χ2v) is 2.97. The van der Waals surface area contributed by atoms with Crippen LogP contribution in [0.3, 0.4) is 0 Å². The van der Waals surface area contributed by atoms with Crippen LogP contribution in [0.25, 0.3) is 0 Å². The van der Waals surface area contributed by atoms with Gasteiger partial charge in [0.2, 0.25) is 0 Å². The number of halogens is 2. The van der Waals surface area contributed by atoms with Gasteiger partial charge < -0.3 is 5.73 Å². The second-order valence-electron chi connectivity index (χ2n) is 2.33. The summed E-state index contributed by atoms with van der Waals surface area (Å²) in [6, 6.07) is -0.400. The van der Waals surface area contributed by atoms with Crippen LogP contribution in [-0.4, -0.2) is 17.0 Å². The van der Waals surface area contributed by atoms with Crippen molar-refractivity contribution in [2.24, 2.45) is 5.73 Å². The van der Waals surface area contributed by atoms with E-state index in [4.69, 9.17) is 5.73 Å². The third-order valence-corrected chi connectivity index (χ3v) is 1.75. The highest BCUT2D eigenvalue weighted by Gasteiger charge is 2.23. The number of hydrogen-bond donors (Lipinski definition) is 1. The van der Waals surface area contributed by atoms with Gasteiger partial charge in [0.15, 0.2) is 0 Å². The van der Waals surface area contributed by atoms with Gasteiger partial charge in [-0.25, -0.2) is 4.39 Å². The van der Waals surface area contributed by atoms with Crippen LogP contribution in [0.5, 0.6) is 0 Å². The Hall–Kier alpha value is 0.370. The van der Waals surface area contributed by atoms with Crippen molar-refractivity contribution in [1.82, 2.24) is 0 Å². The molecule has 0 aromatic carbocycles. The topological polar surface area (TPSA) is 26.0 Å². The van der Waals surface area contributed by atoms with E-state index in [2.05, 4.69) is 15.9 Å². The number of rotatable bonds is 2. The van der Waals surface area contributed by atoms with Gasteiger partial charge in [-0.2, -0.15) is 0 Å². The molecular weight excluding hydrogens is 173 g/mol. The van der Waals surface area contributed by atoms with Crippen molar-refractivity contribution in [3.63, 3.8) is 0 Å². The molecule has 50 valence electrons. The third-order valence-electron chi connectivity index (χ3n) is 1.05. The van der Waals surface area contributed by atoms with Gasteiger partial charge in [-0.1, -0.05) is 15.9 Å². The standard InChI is InChI=1S/C5H11BrFN/c1-5(2,7)4(8)3-6/h4H,3,8H2,1-2H3. The van der Waals surface area contributed by atoms with Gasteiger partial charge in [-0.15, -0.1) is 0 Å². The van der Waals surface area contributed by atoms with E-state index < -0.39 is 11.7 Å². The molecule has 0 aromatic rings. The van der Waals surface area contributed by atoms with Gasteiger partial charge in [0, 0.05) is 11.4 Å². The fourth-order valence-electron chi connectivity index (χ4n) is 0.183. The molecule has 8 heavy (non-hydrogen) atoms. The van der Waals surface area contributed by atoms with Crippen LogP contribution >= 0.6 is 15.9 Å². The molecule has 3 heteroatoms. The first kappa shape index (κ1) is 8.37. The van der Waals surface area contributed by atoms with Gasteiger partial charge in [0.05, 0.1) is 0 Å². The van der Waals surface area contributed by atoms with Crippen LogP contribution < -0.4 is 5.73 Å². The van der Waals surface area contributed by atoms with Crippen molar-refractivity contribution in [2.45, 2.75) is 25.6 Å². The fourth-order valence-corrected chi connectivity index (χ4v) is 0.953. The average molecular weight is 184 g/mol. The Morgan fingerprint density at radius 1 is 1.75 bits per heavy atom. The van der Waals surface area contributed by atoms with Crippen LogP contribution in [-0.2, 0) is 0 Å². The predicted molar refractivity (Wildman–Crippen MR) is 37.0 cm³/mol. The van der Waals surface area contributed by atoms with Crippen LogP contribution in [0, 0.1) is 0 Å². The Balaban J connectivity index is 3.62. The molecule has 1 unspecified atom stereocenters. The van der Waals surface area contributed by atoms with E-state index in [-0.39, 0.29) is 0 Å². The summed E-state index contributed by atoms with van der Waals surface area (Å²) >= 11 is 3.09. The summed E-state index contributed by atoms with van der Waals surface area (Å²) in [7, 11) is 0. The molecule has 0 aliphatic heterocycles. The Bertz CT molecular complexity index is 69.3. The minimum atomic E-state index is -1.26. The van der Waals surface area contributed by atoms with Crippen molar-refractivity contribution in [3.05, 3.63) is 0 Å². The maximum atomic E-state index is 12.6. The molecule has 1 atom stereocenters. The summed E-state index contributed by atoms with van der Waals surface area (Å²) in [5, 5.41) is 0.510. The van der Waals surface area contributed by atoms with Crippen LogP contribution in [0.4, 0.5) is 4.39 Å². The lowest BCUT2D eigenvalue weighted by Gasteiger charge is -2.19. The van der Waals surface area contributed by atoms with Crippen LogP contribution in [0.2, 0.25) is 0 Å². The maximum absolute atomic E-state index is 12.6. The monoisotopic (exact) mass is 183 g/mol. The smallest absolute Gasteiger partial charge is 0.121 e. The van der Waals surface area contributed by atoms with Gasteiger partial charge in [0.1, 0.15) is 5.67 Å². The van der Waals surface area contributed by atoms with Crippen LogP contribution in [0.15, 0.2) is 0 Å². The van der Waals surface area contributed by atoms with Crippen molar-refractivity contribution in [1.29, 1.82) is 0 Å². The van der Waals surface area contributed by atoms with Crippen molar-refractivity contribution in [3.8, 4) is 0 Å². The molecule has 0 aromatic heterocycles. The van der Waals surface area contributed by atoms with Crippen LogP contribution in [0.1, 0.15) is 13.8 Å². The Morgan fingerprint density at radius 3 is 2.12 bits per heavy atom. The van der Waals surface area contributed by atoms with Crippen molar-refractivity contribution < 1.29 is 4.39 Å². The summed E-state index contributed by atoms with van der Waals surface area (Å²) in [6.07, 6.45) is 0. The molecule has 2 N–H and O–H groups in total. The first-order chi connectivity index (χ1) is 3.48. The molecule has 0 radical (unpaired) electrons. The summed E-state index contributed by atoms with van der Waals surface area (Å²) in [6.45, 7) is 2.94. The molecule has 0 heterocycles. The van der Waals surface area contributed by atoms with E-state index in [9.17, 15) is 4.39 Å². The molecule has 0 aliphatic rings. The second kappa shape index (κ2) is 2.78. The number of nitrogens with two attached hydrogens (primary N) is 1. The lowest BCUT2D eigenvalue weighted by atomic mass is 10.0. The zero-order valence-corrected chi connectivity index (χ0v) is 6.70. The lowest BCUT2D eigenvalue weighted by molar-refractivity contribution is 0.185. The predicted octanol–water partition coefficient (Wildman–Crippen LogP) is 1.46. The van der Waals surface area contributed by atoms with Gasteiger partial charge in [-0.3, -0.25) is 0 Å². The quantitative estimate of drug-likeness (QED) is 0.646. The highest BCUT2D eigenvalue weighted by atomic mass is 79.9. The highest BCUT2D eigenvalue weighted by Crippen LogP contribution is 2.13. The molecule has 0 fully saturated rings. The third kappa shape index (κ3) is 2.62. The van der Waals surface area contributed by atoms with Gasteiger partial charge in [-0.05, 0) is 13.8 Å². The summed E-state index contributed by atoms with van der Waals surface area (Å²) in [5.41, 5.74) is 4.07. The molecule has 0 aliphatic carbocycles. The maximum Gasteiger partial charge on any atom is 0.121 e. The number of hydrogen-bond acceptors (Lipinski definition) is 1. The molecule has 0 rings (SSSR count). The van der Waals surface area contributed by atoms with E-state index in [0.717, 1.165) is 0 Å². The summed E-state index contributed by atoms with van der Waals surface area (Å²) in [4.78, 5) is 0. The largest absolute Gasteiger partial charge is 0.324 e. The van der Waals surface area contributed by atoms with E-state index >= 15 is 0 Å². The minimum Gasteiger partial charge on any atom is -0.324 e. The van der Waals surface area contributed by atoms with E-state index in [0.29, 0.717) is 5.33 Å². The number of alkyl halides is 2. The SMILES string of the molecule is CC(C)(F)C(N)CBr. The van der Waals surface area contributed by atoms with Gasteiger partial charge in [0.25, 0.3) is 0 Å². The molecular formula is C5H11BrFN. The highest BCUT2D eigenvalue weighted by molar-refractivity contribution is 9.09. The van der Waals surface area contributed by atoms with Crippen molar-refractivity contribution >= 4 is 15.9 Å². The first-order valence-corrected chi connectivity index (χ1v) is 3.61. The Labute approximate surface area is 57.6 Å². The summed E-state index contributed by atoms with van der Waals surface area (Å²) < 4.78 is 12.6. The molecule has 1 nitrogen and oxygen atoms in total. The van der Waals surface area contributed by atoms with E-state index in [1.54, 1.807) is 0 Å². The van der Waals surface area contributed by atoms with Gasteiger partial charge >= 0.3 is 0 Å². The molecule has 0 spiro atoms. The first-order valence-electron chi connectivity index (χ1n) is 2.49. The molecule has 0 amide bonds. The molecule has 0 bridgehead atoms. The Morgan fingerprint density at radius 2 is 2.12 bits per heavy atom. The fraction of sp³-hybridized carbons (Fsp3) is 1.00. The lowest BCUT2D eigenvalue weighted by Crippen LogP contribution is -2.40. The zero-order valence-electron chi connectivity index (χ0n) is 5.12. The minimum absolute atomic E-state index is 0.400. The molecule has 0 saturated heterocycles. The average Bonchev–Trinajstić information content (AvgIpc) is 1.62. The normalized spacial score (nSPS) is 16.1. The Kier molecular flexibility index (Phi) is 2.91. The zero-order chi connectivity index (χ0) is 6.78. The summed E-state index contributed by atoms with van der Waals surface area (Å²) in [5.74, 6) is 0. The van der Waals surface area contributed by atoms with E-state index in [1.165, 1.54) is 13.8 Å². The van der Waals surface area contributed by atoms with E-state index in [1.807, 2.05) is 0 Å². The van der Waals surface area contributed by atoms with Crippen molar-refractivity contribution in [2.75, 3.05) is 5.33 Å².